The molecule has 3 heteroatoms. The first-order chi connectivity index (χ1) is 10.3. The summed E-state index contributed by atoms with van der Waals surface area (Å²) < 4.78 is 17.7. The van der Waals surface area contributed by atoms with E-state index in [-0.39, 0.29) is 11.5 Å². The number of ether oxygens (including phenoxy) is 3. The molecule has 110 valence electrons. The fourth-order valence-electron chi connectivity index (χ4n) is 5.52. The molecule has 1 aromatic rings. The van der Waals surface area contributed by atoms with Crippen LogP contribution in [0.3, 0.4) is 0 Å². The summed E-state index contributed by atoms with van der Waals surface area (Å²) in [6, 6.07) is 4.32. The van der Waals surface area contributed by atoms with Crippen LogP contribution in [0.2, 0.25) is 0 Å². The first-order valence-corrected chi connectivity index (χ1v) is 7.89. The third-order valence-corrected chi connectivity index (χ3v) is 6.18. The highest BCUT2D eigenvalue weighted by Gasteiger charge is 2.64. The van der Waals surface area contributed by atoms with Gasteiger partial charge in [0, 0.05) is 11.0 Å². The number of fused-ring (bicyclic) bond motifs is 1. The molecule has 1 saturated carbocycles. The highest BCUT2D eigenvalue weighted by Crippen LogP contribution is 2.66. The zero-order chi connectivity index (χ0) is 14.2. The average Bonchev–Trinajstić information content (AvgIpc) is 3.00. The average molecular weight is 284 g/mol. The Kier molecular flexibility index (Phi) is 2.14. The number of methoxy groups -OCH3 is 2. The van der Waals surface area contributed by atoms with Gasteiger partial charge in [0.25, 0.3) is 0 Å². The Morgan fingerprint density at radius 2 is 2.14 bits per heavy atom. The largest absolute Gasteiger partial charge is 0.497 e. The van der Waals surface area contributed by atoms with Crippen molar-refractivity contribution in [2.24, 2.45) is 11.8 Å². The number of hydrogen-bond acceptors (Lipinski definition) is 3. The van der Waals surface area contributed by atoms with Crippen LogP contribution in [0.1, 0.15) is 30.4 Å². The second-order valence-corrected chi connectivity index (χ2v) is 6.92. The van der Waals surface area contributed by atoms with Gasteiger partial charge in [-0.15, -0.1) is 0 Å². The van der Waals surface area contributed by atoms with Gasteiger partial charge in [-0.1, -0.05) is 6.07 Å². The summed E-state index contributed by atoms with van der Waals surface area (Å²) in [6.45, 7) is 0. The third-order valence-electron chi connectivity index (χ3n) is 6.18. The van der Waals surface area contributed by atoms with Gasteiger partial charge in [-0.25, -0.2) is 0 Å². The van der Waals surface area contributed by atoms with Crippen molar-refractivity contribution in [3.05, 3.63) is 35.1 Å². The molecular weight excluding hydrogens is 264 g/mol. The first kappa shape index (κ1) is 12.0. The molecule has 1 spiro atoms. The van der Waals surface area contributed by atoms with E-state index in [1.165, 1.54) is 30.4 Å². The van der Waals surface area contributed by atoms with Crippen LogP contribution in [0, 0.1) is 11.8 Å². The summed E-state index contributed by atoms with van der Waals surface area (Å²) in [5, 5.41) is 0. The van der Waals surface area contributed by atoms with Crippen LogP contribution < -0.4 is 9.47 Å². The van der Waals surface area contributed by atoms with E-state index in [0.29, 0.717) is 5.92 Å². The quantitative estimate of drug-likeness (QED) is 0.834. The highest BCUT2D eigenvalue weighted by molar-refractivity contribution is 5.62. The Hall–Kier alpha value is -1.64. The maximum Gasteiger partial charge on any atom is 0.166 e. The van der Waals surface area contributed by atoms with Crippen LogP contribution in [-0.4, -0.2) is 20.3 Å². The van der Waals surface area contributed by atoms with Gasteiger partial charge < -0.3 is 14.2 Å². The van der Waals surface area contributed by atoms with E-state index in [2.05, 4.69) is 18.2 Å². The molecule has 3 nitrogen and oxygen atoms in total. The van der Waals surface area contributed by atoms with Gasteiger partial charge in [-0.05, 0) is 55.2 Å². The lowest BCUT2D eigenvalue weighted by atomic mass is 9.62. The second-order valence-electron chi connectivity index (χ2n) is 6.92. The molecule has 4 atom stereocenters. The number of allylic oxidation sites excluding steroid dienone is 1. The van der Waals surface area contributed by atoms with Crippen molar-refractivity contribution in [3.8, 4) is 11.5 Å². The maximum absolute atomic E-state index is 6.43. The van der Waals surface area contributed by atoms with E-state index >= 15 is 0 Å². The summed E-state index contributed by atoms with van der Waals surface area (Å²) in [7, 11) is 3.49. The third kappa shape index (κ3) is 1.22. The molecule has 0 N–H and O–H groups in total. The first-order valence-electron chi connectivity index (χ1n) is 7.89. The predicted octanol–water partition coefficient (Wildman–Crippen LogP) is 3.21. The Balaban J connectivity index is 1.80. The molecule has 1 heterocycles. The molecule has 21 heavy (non-hydrogen) atoms. The Labute approximate surface area is 124 Å². The zero-order valence-electron chi connectivity index (χ0n) is 12.5. The van der Waals surface area contributed by atoms with Crippen LogP contribution >= 0.6 is 0 Å². The Bertz CT molecular complexity index is 663. The van der Waals surface area contributed by atoms with Crippen LogP contribution in [0.25, 0.3) is 0 Å². The van der Waals surface area contributed by atoms with Gasteiger partial charge in [0.15, 0.2) is 17.6 Å². The molecule has 4 aliphatic rings. The van der Waals surface area contributed by atoms with Gasteiger partial charge in [0.2, 0.25) is 0 Å². The Morgan fingerprint density at radius 3 is 2.95 bits per heavy atom. The fourth-order valence-corrected chi connectivity index (χ4v) is 5.52. The summed E-state index contributed by atoms with van der Waals surface area (Å²) in [5.41, 5.74) is 3.06. The van der Waals surface area contributed by atoms with Gasteiger partial charge in [-0.3, -0.25) is 0 Å². The molecule has 0 saturated heterocycles. The lowest BCUT2D eigenvalue weighted by Crippen LogP contribution is -2.46. The van der Waals surface area contributed by atoms with Crippen molar-refractivity contribution in [1.82, 2.24) is 0 Å². The van der Waals surface area contributed by atoms with Crippen molar-refractivity contribution in [3.63, 3.8) is 0 Å². The molecule has 4 unspecified atom stereocenters. The smallest absolute Gasteiger partial charge is 0.166 e. The van der Waals surface area contributed by atoms with Crippen molar-refractivity contribution in [1.29, 1.82) is 0 Å². The summed E-state index contributed by atoms with van der Waals surface area (Å²) in [5.74, 6) is 4.36. The molecule has 1 fully saturated rings. The number of rotatable bonds is 2. The van der Waals surface area contributed by atoms with Crippen molar-refractivity contribution >= 4 is 0 Å². The lowest BCUT2D eigenvalue weighted by molar-refractivity contribution is 0.0714. The molecule has 5 rings (SSSR count). The molecule has 1 aromatic carbocycles. The second kappa shape index (κ2) is 3.76. The van der Waals surface area contributed by atoms with Gasteiger partial charge >= 0.3 is 0 Å². The van der Waals surface area contributed by atoms with Crippen molar-refractivity contribution < 1.29 is 14.2 Å². The summed E-state index contributed by atoms with van der Waals surface area (Å²) >= 11 is 0. The normalized spacial score (nSPS) is 37.6. The molecule has 0 radical (unpaired) electrons. The van der Waals surface area contributed by atoms with Gasteiger partial charge in [0.05, 0.1) is 14.2 Å². The fraction of sp³-hybridized carbons (Fsp3) is 0.556. The number of hydrogen-bond donors (Lipinski definition) is 0. The van der Waals surface area contributed by atoms with Crippen molar-refractivity contribution in [2.45, 2.75) is 37.2 Å². The van der Waals surface area contributed by atoms with Gasteiger partial charge in [0.1, 0.15) is 5.76 Å². The SMILES string of the molecule is COC1=CCC2CC3Cc4ccc(OC)c5c4C2(C3)C1O5. The van der Waals surface area contributed by atoms with Crippen LogP contribution in [0.5, 0.6) is 11.5 Å². The zero-order valence-corrected chi connectivity index (χ0v) is 12.5. The van der Waals surface area contributed by atoms with E-state index in [9.17, 15) is 0 Å². The monoisotopic (exact) mass is 284 g/mol. The highest BCUT2D eigenvalue weighted by atomic mass is 16.6. The molecule has 0 amide bonds. The number of benzene rings is 1. The minimum Gasteiger partial charge on any atom is -0.497 e. The van der Waals surface area contributed by atoms with E-state index in [1.54, 1.807) is 14.2 Å². The van der Waals surface area contributed by atoms with E-state index in [4.69, 9.17) is 14.2 Å². The lowest BCUT2D eigenvalue weighted by Gasteiger charge is -2.41. The van der Waals surface area contributed by atoms with Gasteiger partial charge in [-0.2, -0.15) is 0 Å². The van der Waals surface area contributed by atoms with E-state index in [0.717, 1.165) is 29.6 Å². The Morgan fingerprint density at radius 1 is 1.24 bits per heavy atom. The summed E-state index contributed by atoms with van der Waals surface area (Å²) in [4.78, 5) is 0. The predicted molar refractivity (Wildman–Crippen MR) is 78.7 cm³/mol. The van der Waals surface area contributed by atoms with Crippen LogP contribution in [0.15, 0.2) is 24.0 Å². The van der Waals surface area contributed by atoms with E-state index in [1.807, 2.05) is 0 Å². The molecule has 3 aliphatic carbocycles. The standard InChI is InChI=1S/C18H20O3/c1-19-13-5-3-11-7-10-8-12-4-6-14(20-2)17-18(12,9-10)15(11)16(13)21-17/h3,5-6,10,12,17H,4,7-9H2,1-2H3. The van der Waals surface area contributed by atoms with Crippen molar-refractivity contribution in [2.75, 3.05) is 14.2 Å². The minimum absolute atomic E-state index is 0.0524. The summed E-state index contributed by atoms with van der Waals surface area (Å²) in [6.07, 6.45) is 7.19. The van der Waals surface area contributed by atoms with Crippen LogP contribution in [0.4, 0.5) is 0 Å². The molecule has 1 aliphatic heterocycles. The van der Waals surface area contributed by atoms with Crippen LogP contribution in [-0.2, 0) is 16.6 Å². The molecule has 2 bridgehead atoms. The minimum atomic E-state index is 0.0524. The molecule has 0 aromatic heterocycles. The topological polar surface area (TPSA) is 27.7 Å². The molecular formula is C18H20O3. The maximum atomic E-state index is 6.43. The van der Waals surface area contributed by atoms with E-state index < -0.39 is 0 Å².